The van der Waals surface area contributed by atoms with E-state index in [-0.39, 0.29) is 12.5 Å². The predicted octanol–water partition coefficient (Wildman–Crippen LogP) is 1.55. The number of urea groups is 1. The van der Waals surface area contributed by atoms with Gasteiger partial charge < -0.3 is 20.1 Å². The van der Waals surface area contributed by atoms with E-state index in [1.807, 2.05) is 6.26 Å². The summed E-state index contributed by atoms with van der Waals surface area (Å²) >= 11 is 1.60. The van der Waals surface area contributed by atoms with Gasteiger partial charge in [0.15, 0.2) is 0 Å². The van der Waals surface area contributed by atoms with Crippen molar-refractivity contribution >= 4 is 29.6 Å². The van der Waals surface area contributed by atoms with Crippen molar-refractivity contribution in [1.82, 2.24) is 15.5 Å². The van der Waals surface area contributed by atoms with Gasteiger partial charge >= 0.3 is 6.03 Å². The molecule has 0 radical (unpaired) electrons. The zero-order valence-corrected chi connectivity index (χ0v) is 16.7. The number of imide groups is 1. The third kappa shape index (κ3) is 5.06. The van der Waals surface area contributed by atoms with Gasteiger partial charge in [0, 0.05) is 5.56 Å². The first-order valence-electron chi connectivity index (χ1n) is 8.53. The molecule has 0 bridgehead atoms. The van der Waals surface area contributed by atoms with E-state index in [2.05, 4.69) is 10.6 Å². The number of ether oxygens (including phenoxy) is 2. The summed E-state index contributed by atoms with van der Waals surface area (Å²) in [5, 5.41) is 5.42. The zero-order valence-electron chi connectivity index (χ0n) is 15.9. The van der Waals surface area contributed by atoms with E-state index in [1.54, 1.807) is 51.1 Å². The molecule has 1 aliphatic heterocycles. The van der Waals surface area contributed by atoms with Crippen LogP contribution in [0.1, 0.15) is 24.9 Å². The van der Waals surface area contributed by atoms with Crippen LogP contribution in [0.15, 0.2) is 18.2 Å². The van der Waals surface area contributed by atoms with Crippen LogP contribution in [-0.2, 0) is 9.59 Å². The average molecular weight is 395 g/mol. The maximum Gasteiger partial charge on any atom is 0.325 e. The second-order valence-corrected chi connectivity index (χ2v) is 7.09. The SMILES string of the molecule is COc1ccc(OC)c(C(C)NC(=O)CN2C(=O)NC(CCSC)C2=O)c1. The summed E-state index contributed by atoms with van der Waals surface area (Å²) in [5.41, 5.74) is 0.736. The zero-order chi connectivity index (χ0) is 20.0. The molecule has 8 nitrogen and oxygen atoms in total. The highest BCUT2D eigenvalue weighted by molar-refractivity contribution is 7.98. The number of amides is 4. The highest BCUT2D eigenvalue weighted by Crippen LogP contribution is 2.29. The topological polar surface area (TPSA) is 97.0 Å². The van der Waals surface area contributed by atoms with Crippen LogP contribution < -0.4 is 20.1 Å². The number of methoxy groups -OCH3 is 2. The Morgan fingerprint density at radius 2 is 2.07 bits per heavy atom. The fourth-order valence-electron chi connectivity index (χ4n) is 2.84. The van der Waals surface area contributed by atoms with Gasteiger partial charge in [0.2, 0.25) is 5.91 Å². The Hall–Kier alpha value is -2.42. The summed E-state index contributed by atoms with van der Waals surface area (Å²) in [7, 11) is 3.10. The van der Waals surface area contributed by atoms with Gasteiger partial charge in [-0.15, -0.1) is 0 Å². The van der Waals surface area contributed by atoms with Crippen LogP contribution in [0.5, 0.6) is 11.5 Å². The number of hydrogen-bond donors (Lipinski definition) is 2. The van der Waals surface area contributed by atoms with Crippen LogP contribution in [0.2, 0.25) is 0 Å². The van der Waals surface area contributed by atoms with Crippen LogP contribution in [-0.4, -0.2) is 61.6 Å². The fraction of sp³-hybridized carbons (Fsp3) is 0.500. The van der Waals surface area contributed by atoms with Crippen molar-refractivity contribution in [2.75, 3.05) is 32.8 Å². The minimum Gasteiger partial charge on any atom is -0.497 e. The highest BCUT2D eigenvalue weighted by Gasteiger charge is 2.38. The van der Waals surface area contributed by atoms with Gasteiger partial charge in [0.1, 0.15) is 24.1 Å². The van der Waals surface area contributed by atoms with Crippen molar-refractivity contribution in [2.45, 2.75) is 25.4 Å². The molecule has 0 aliphatic carbocycles. The van der Waals surface area contributed by atoms with Crippen molar-refractivity contribution in [1.29, 1.82) is 0 Å². The van der Waals surface area contributed by atoms with Crippen molar-refractivity contribution in [3.63, 3.8) is 0 Å². The Morgan fingerprint density at radius 3 is 2.70 bits per heavy atom. The Labute approximate surface area is 162 Å². The van der Waals surface area contributed by atoms with E-state index in [1.165, 1.54) is 0 Å². The lowest BCUT2D eigenvalue weighted by Crippen LogP contribution is -2.41. The smallest absolute Gasteiger partial charge is 0.325 e. The van der Waals surface area contributed by atoms with Crippen LogP contribution in [0.25, 0.3) is 0 Å². The number of nitrogens with zero attached hydrogens (tertiary/aromatic N) is 1. The highest BCUT2D eigenvalue weighted by atomic mass is 32.2. The Bertz CT molecular complexity index is 712. The third-order valence-electron chi connectivity index (χ3n) is 4.30. The number of nitrogens with one attached hydrogen (secondary N) is 2. The maximum atomic E-state index is 12.4. The Balaban J connectivity index is 2.01. The standard InChI is InChI=1S/C18H25N3O5S/c1-11(13-9-12(25-2)5-6-15(13)26-3)19-16(22)10-21-17(23)14(7-8-27-4)20-18(21)24/h5-6,9,11,14H,7-8,10H2,1-4H3,(H,19,22)(H,20,24). The van der Waals surface area contributed by atoms with Gasteiger partial charge in [0.05, 0.1) is 20.3 Å². The average Bonchev–Trinajstić information content (AvgIpc) is 2.93. The van der Waals surface area contributed by atoms with Crippen LogP contribution in [0.3, 0.4) is 0 Å². The van der Waals surface area contributed by atoms with Crippen molar-refractivity contribution in [3.8, 4) is 11.5 Å². The van der Waals surface area contributed by atoms with Gasteiger partial charge in [-0.25, -0.2) is 4.79 Å². The number of hydrogen-bond acceptors (Lipinski definition) is 6. The number of carbonyl (C=O) groups excluding carboxylic acids is 3. The lowest BCUT2D eigenvalue weighted by molar-refractivity contribution is -0.132. The first-order valence-corrected chi connectivity index (χ1v) is 9.92. The van der Waals surface area contributed by atoms with Crippen molar-refractivity contribution < 1.29 is 23.9 Å². The van der Waals surface area contributed by atoms with E-state index in [4.69, 9.17) is 9.47 Å². The molecule has 1 fully saturated rings. The van der Waals surface area contributed by atoms with E-state index in [9.17, 15) is 14.4 Å². The number of benzene rings is 1. The summed E-state index contributed by atoms with van der Waals surface area (Å²) in [5.74, 6) is 1.20. The monoisotopic (exact) mass is 395 g/mol. The van der Waals surface area contributed by atoms with E-state index >= 15 is 0 Å². The van der Waals surface area contributed by atoms with Gasteiger partial charge in [-0.2, -0.15) is 11.8 Å². The normalized spacial score (nSPS) is 17.5. The molecule has 9 heteroatoms. The molecule has 1 aromatic carbocycles. The molecule has 1 heterocycles. The molecule has 0 aromatic heterocycles. The molecule has 0 saturated carbocycles. The van der Waals surface area contributed by atoms with Gasteiger partial charge in [0.25, 0.3) is 5.91 Å². The van der Waals surface area contributed by atoms with Crippen molar-refractivity contribution in [3.05, 3.63) is 23.8 Å². The van der Waals surface area contributed by atoms with Gasteiger partial charge in [-0.05, 0) is 43.6 Å². The lowest BCUT2D eigenvalue weighted by atomic mass is 10.1. The van der Waals surface area contributed by atoms with Gasteiger partial charge in [-0.1, -0.05) is 0 Å². The molecular weight excluding hydrogens is 370 g/mol. The minimum atomic E-state index is -0.561. The first kappa shape index (κ1) is 20.9. The largest absolute Gasteiger partial charge is 0.497 e. The van der Waals surface area contributed by atoms with Crippen LogP contribution in [0.4, 0.5) is 4.79 Å². The number of rotatable bonds is 9. The van der Waals surface area contributed by atoms with Crippen molar-refractivity contribution in [2.24, 2.45) is 0 Å². The third-order valence-corrected chi connectivity index (χ3v) is 4.94. The molecule has 2 atom stereocenters. The molecule has 2 unspecified atom stereocenters. The molecule has 27 heavy (non-hydrogen) atoms. The summed E-state index contributed by atoms with van der Waals surface area (Å²) in [6.45, 7) is 1.47. The molecule has 0 spiro atoms. The second kappa shape index (κ2) is 9.50. The van der Waals surface area contributed by atoms with E-state index in [0.717, 1.165) is 16.2 Å². The molecular formula is C18H25N3O5S. The molecule has 1 aromatic rings. The lowest BCUT2D eigenvalue weighted by Gasteiger charge is -2.20. The maximum absolute atomic E-state index is 12.4. The second-order valence-electron chi connectivity index (χ2n) is 6.11. The first-order chi connectivity index (χ1) is 12.9. The van der Waals surface area contributed by atoms with E-state index in [0.29, 0.717) is 17.9 Å². The molecule has 4 amide bonds. The summed E-state index contributed by atoms with van der Waals surface area (Å²) in [6.07, 6.45) is 2.47. The summed E-state index contributed by atoms with van der Waals surface area (Å²) in [6, 6.07) is 3.80. The molecule has 1 aliphatic rings. The van der Waals surface area contributed by atoms with Gasteiger partial charge in [-0.3, -0.25) is 14.5 Å². The summed E-state index contributed by atoms with van der Waals surface area (Å²) < 4.78 is 10.5. The fourth-order valence-corrected chi connectivity index (χ4v) is 3.32. The number of thioether (sulfide) groups is 1. The quantitative estimate of drug-likeness (QED) is 0.616. The molecule has 1 saturated heterocycles. The Morgan fingerprint density at radius 1 is 1.33 bits per heavy atom. The van der Waals surface area contributed by atoms with Crippen LogP contribution >= 0.6 is 11.8 Å². The minimum absolute atomic E-state index is 0.322. The molecule has 2 N–H and O–H groups in total. The summed E-state index contributed by atoms with van der Waals surface area (Å²) in [4.78, 5) is 37.7. The van der Waals surface area contributed by atoms with E-state index < -0.39 is 24.0 Å². The van der Waals surface area contributed by atoms with Crippen LogP contribution in [0, 0.1) is 0 Å². The Kier molecular flexibility index (Phi) is 7.35. The molecule has 2 rings (SSSR count). The predicted molar refractivity (Wildman–Crippen MR) is 103 cm³/mol. The molecule has 148 valence electrons. The number of carbonyl (C=O) groups is 3.